The number of amides is 1. The minimum atomic E-state index is -0.283. The van der Waals surface area contributed by atoms with Crippen molar-refractivity contribution in [2.45, 2.75) is 20.0 Å². The zero-order valence-electron chi connectivity index (χ0n) is 14.6. The lowest BCUT2D eigenvalue weighted by Gasteiger charge is -2.14. The highest BCUT2D eigenvalue weighted by Crippen LogP contribution is 2.32. The molecule has 8 nitrogen and oxygen atoms in total. The number of carbonyl (C=O) groups is 1. The van der Waals surface area contributed by atoms with Crippen molar-refractivity contribution in [3.8, 4) is 11.5 Å². The summed E-state index contributed by atoms with van der Waals surface area (Å²) in [7, 11) is 0. The molecule has 1 aliphatic rings. The average molecular weight is 388 g/mol. The number of fused-ring (bicyclic) bond motifs is 1. The van der Waals surface area contributed by atoms with Crippen LogP contribution in [0.5, 0.6) is 11.5 Å². The topological polar surface area (TPSA) is 83.2 Å². The van der Waals surface area contributed by atoms with Crippen molar-refractivity contribution in [1.82, 2.24) is 19.6 Å². The van der Waals surface area contributed by atoms with Crippen LogP contribution in [0, 0.1) is 5.92 Å². The second kappa shape index (κ2) is 7.32. The number of halogens is 1. The lowest BCUT2D eigenvalue weighted by molar-refractivity contribution is -0.119. The summed E-state index contributed by atoms with van der Waals surface area (Å²) in [6.07, 6.45) is 4.89. The average Bonchev–Trinajstić information content (AvgIpc) is 3.37. The molecular formula is C18H18ClN5O3. The summed E-state index contributed by atoms with van der Waals surface area (Å²) in [4.78, 5) is 12.5. The second-order valence-corrected chi connectivity index (χ2v) is 6.77. The maximum Gasteiger partial charge on any atom is 0.231 e. The zero-order chi connectivity index (χ0) is 18.8. The number of ether oxygens (including phenoxy) is 2. The summed E-state index contributed by atoms with van der Waals surface area (Å²) in [5.74, 6) is 1.68. The maximum absolute atomic E-state index is 12.5. The Labute approximate surface area is 160 Å². The van der Waals surface area contributed by atoms with Gasteiger partial charge in [0.05, 0.1) is 36.4 Å². The number of carbonyl (C=O) groups excluding carboxylic acids is 1. The van der Waals surface area contributed by atoms with Gasteiger partial charge >= 0.3 is 0 Å². The van der Waals surface area contributed by atoms with E-state index in [1.165, 1.54) is 0 Å². The Balaban J connectivity index is 1.41. The molecule has 0 unspecified atom stereocenters. The van der Waals surface area contributed by atoms with E-state index in [-0.39, 0.29) is 18.6 Å². The minimum Gasteiger partial charge on any atom is -0.454 e. The molecule has 0 fully saturated rings. The molecular weight excluding hydrogens is 370 g/mol. The van der Waals surface area contributed by atoms with Gasteiger partial charge in [-0.3, -0.25) is 9.48 Å². The third-order valence-electron chi connectivity index (χ3n) is 4.25. The largest absolute Gasteiger partial charge is 0.454 e. The third kappa shape index (κ3) is 3.90. The third-order valence-corrected chi connectivity index (χ3v) is 4.44. The number of nitrogens with zero attached hydrogens (tertiary/aromatic N) is 4. The lowest BCUT2D eigenvalue weighted by Crippen LogP contribution is -2.26. The number of hydrogen-bond acceptors (Lipinski definition) is 5. The van der Waals surface area contributed by atoms with Gasteiger partial charge in [-0.25, -0.2) is 4.68 Å². The quantitative estimate of drug-likeness (QED) is 0.703. The molecule has 140 valence electrons. The Morgan fingerprint density at radius 3 is 2.96 bits per heavy atom. The Kier molecular flexibility index (Phi) is 4.72. The summed E-state index contributed by atoms with van der Waals surface area (Å²) in [5, 5.41) is 11.9. The van der Waals surface area contributed by atoms with Crippen LogP contribution in [0.3, 0.4) is 0 Å². The van der Waals surface area contributed by atoms with E-state index >= 15 is 0 Å². The Morgan fingerprint density at radius 1 is 1.30 bits per heavy atom. The highest BCUT2D eigenvalue weighted by atomic mass is 35.5. The number of benzene rings is 1. The van der Waals surface area contributed by atoms with E-state index in [1.54, 1.807) is 34.0 Å². The van der Waals surface area contributed by atoms with Crippen LogP contribution in [-0.2, 0) is 17.9 Å². The summed E-state index contributed by atoms with van der Waals surface area (Å²) in [6.45, 7) is 3.02. The molecule has 1 amide bonds. The molecule has 1 aliphatic heterocycles. The van der Waals surface area contributed by atoms with Crippen molar-refractivity contribution in [1.29, 1.82) is 0 Å². The van der Waals surface area contributed by atoms with Gasteiger partial charge in [0, 0.05) is 12.3 Å². The smallest absolute Gasteiger partial charge is 0.231 e. The van der Waals surface area contributed by atoms with Gasteiger partial charge in [0.25, 0.3) is 0 Å². The van der Waals surface area contributed by atoms with E-state index < -0.39 is 0 Å². The standard InChI is InChI=1S/C18H18ClN5O3/c1-12(8-23-10-14(19)7-21-23)18(25)22-17-4-5-20-24(17)9-13-2-3-15-16(6-13)27-11-26-15/h2-7,10,12H,8-9,11H2,1H3,(H,22,25)/t12-/m0/s1. The molecule has 3 heterocycles. The normalized spacial score (nSPS) is 13.6. The van der Waals surface area contributed by atoms with E-state index in [0.717, 1.165) is 17.1 Å². The van der Waals surface area contributed by atoms with Gasteiger partial charge in [-0.2, -0.15) is 10.2 Å². The van der Waals surface area contributed by atoms with Crippen LogP contribution in [0.4, 0.5) is 5.82 Å². The van der Waals surface area contributed by atoms with Gasteiger partial charge in [-0.15, -0.1) is 0 Å². The minimum absolute atomic E-state index is 0.117. The van der Waals surface area contributed by atoms with Crippen molar-refractivity contribution in [2.75, 3.05) is 12.1 Å². The monoisotopic (exact) mass is 387 g/mol. The molecule has 9 heteroatoms. The number of rotatable bonds is 6. The first-order valence-corrected chi connectivity index (χ1v) is 8.85. The number of hydrogen-bond donors (Lipinski definition) is 1. The van der Waals surface area contributed by atoms with Gasteiger partial charge in [-0.05, 0) is 17.7 Å². The number of aromatic nitrogens is 4. The van der Waals surface area contributed by atoms with E-state index in [2.05, 4.69) is 15.5 Å². The fourth-order valence-corrected chi connectivity index (χ4v) is 2.98. The van der Waals surface area contributed by atoms with Gasteiger partial charge in [0.1, 0.15) is 5.82 Å². The first kappa shape index (κ1) is 17.4. The van der Waals surface area contributed by atoms with Crippen LogP contribution in [0.2, 0.25) is 5.02 Å². The first-order chi connectivity index (χ1) is 13.1. The van der Waals surface area contributed by atoms with Gasteiger partial charge in [0.2, 0.25) is 12.7 Å². The molecule has 0 aliphatic carbocycles. The van der Waals surface area contributed by atoms with Crippen LogP contribution in [0.1, 0.15) is 12.5 Å². The number of nitrogens with one attached hydrogen (secondary N) is 1. The number of anilines is 1. The molecule has 1 atom stereocenters. The summed E-state index contributed by atoms with van der Waals surface area (Å²) < 4.78 is 14.1. The molecule has 0 spiro atoms. The summed E-state index contributed by atoms with van der Waals surface area (Å²) >= 11 is 5.86. The lowest BCUT2D eigenvalue weighted by atomic mass is 10.1. The molecule has 0 bridgehead atoms. The van der Waals surface area contributed by atoms with E-state index in [1.807, 2.05) is 25.1 Å². The van der Waals surface area contributed by atoms with Crippen LogP contribution in [-0.4, -0.2) is 32.3 Å². The molecule has 4 rings (SSSR count). The summed E-state index contributed by atoms with van der Waals surface area (Å²) in [5.41, 5.74) is 0.998. The molecule has 0 saturated heterocycles. The van der Waals surface area contributed by atoms with E-state index in [0.29, 0.717) is 23.9 Å². The molecule has 1 N–H and O–H groups in total. The van der Waals surface area contributed by atoms with Crippen molar-refractivity contribution < 1.29 is 14.3 Å². The molecule has 3 aromatic rings. The van der Waals surface area contributed by atoms with Crippen LogP contribution in [0.15, 0.2) is 42.9 Å². The fraction of sp³-hybridized carbons (Fsp3) is 0.278. The van der Waals surface area contributed by atoms with Gasteiger partial charge in [0.15, 0.2) is 11.5 Å². The SMILES string of the molecule is C[C@@H](Cn1cc(Cl)cn1)C(=O)Nc1ccnn1Cc1ccc2c(c1)OCO2. The highest BCUT2D eigenvalue weighted by molar-refractivity contribution is 6.30. The van der Waals surface area contributed by atoms with Gasteiger partial charge < -0.3 is 14.8 Å². The molecule has 0 saturated carbocycles. The van der Waals surface area contributed by atoms with Crippen molar-refractivity contribution >= 4 is 23.3 Å². The predicted octanol–water partition coefficient (Wildman–Crippen LogP) is 2.78. The van der Waals surface area contributed by atoms with Crippen LogP contribution < -0.4 is 14.8 Å². The Bertz CT molecular complexity index is 968. The highest BCUT2D eigenvalue weighted by Gasteiger charge is 2.17. The second-order valence-electron chi connectivity index (χ2n) is 6.33. The van der Waals surface area contributed by atoms with Crippen molar-refractivity contribution in [2.24, 2.45) is 5.92 Å². The zero-order valence-corrected chi connectivity index (χ0v) is 15.4. The van der Waals surface area contributed by atoms with Crippen LogP contribution in [0.25, 0.3) is 0 Å². The fourth-order valence-electron chi connectivity index (χ4n) is 2.83. The van der Waals surface area contributed by atoms with Crippen molar-refractivity contribution in [3.63, 3.8) is 0 Å². The van der Waals surface area contributed by atoms with E-state index in [4.69, 9.17) is 21.1 Å². The van der Waals surface area contributed by atoms with E-state index in [9.17, 15) is 4.79 Å². The van der Waals surface area contributed by atoms with Crippen molar-refractivity contribution in [3.05, 3.63) is 53.4 Å². The molecule has 2 aromatic heterocycles. The first-order valence-electron chi connectivity index (χ1n) is 8.47. The van der Waals surface area contributed by atoms with Gasteiger partial charge in [-0.1, -0.05) is 24.6 Å². The molecule has 1 aromatic carbocycles. The summed E-state index contributed by atoms with van der Waals surface area (Å²) in [6, 6.07) is 7.50. The Morgan fingerprint density at radius 2 is 2.15 bits per heavy atom. The predicted molar refractivity (Wildman–Crippen MR) is 98.9 cm³/mol. The maximum atomic E-state index is 12.5. The molecule has 27 heavy (non-hydrogen) atoms. The van der Waals surface area contributed by atoms with Crippen LogP contribution >= 0.6 is 11.6 Å². The molecule has 0 radical (unpaired) electrons. The Hall–Kier alpha value is -3.00.